The number of rotatable bonds is 4. The van der Waals surface area contributed by atoms with Gasteiger partial charge in [-0.05, 0) is 31.4 Å². The zero-order valence-corrected chi connectivity index (χ0v) is 12.8. The van der Waals surface area contributed by atoms with Crippen molar-refractivity contribution in [2.45, 2.75) is 45.2 Å². The van der Waals surface area contributed by atoms with Crippen molar-refractivity contribution in [1.82, 2.24) is 0 Å². The van der Waals surface area contributed by atoms with Gasteiger partial charge in [0.2, 0.25) is 0 Å². The molecule has 1 aliphatic carbocycles. The second-order valence-electron chi connectivity index (χ2n) is 5.61. The van der Waals surface area contributed by atoms with Gasteiger partial charge in [0, 0.05) is 18.2 Å². The highest BCUT2D eigenvalue weighted by Gasteiger charge is 2.40. The van der Waals surface area contributed by atoms with Gasteiger partial charge in [0.1, 0.15) is 5.78 Å². The second-order valence-corrected chi connectivity index (χ2v) is 5.61. The number of benzene rings is 1. The smallest absolute Gasteiger partial charge is 0.298 e. The van der Waals surface area contributed by atoms with E-state index >= 15 is 0 Å². The molecule has 0 spiro atoms. The fourth-order valence-corrected chi connectivity index (χ4v) is 3.07. The summed E-state index contributed by atoms with van der Waals surface area (Å²) in [6.07, 6.45) is -2.19. The number of aliphatic imine (C=N–C) groups is 1. The molecule has 1 saturated carbocycles. The van der Waals surface area contributed by atoms with Crippen LogP contribution in [-0.4, -0.2) is 18.0 Å². The van der Waals surface area contributed by atoms with Crippen molar-refractivity contribution in [3.8, 4) is 0 Å². The molecule has 22 heavy (non-hydrogen) atoms. The van der Waals surface area contributed by atoms with Gasteiger partial charge in [-0.15, -0.1) is 0 Å². The molecule has 120 valence electrons. The first-order valence-corrected chi connectivity index (χ1v) is 7.62. The van der Waals surface area contributed by atoms with Crippen molar-refractivity contribution in [2.24, 2.45) is 10.9 Å². The van der Waals surface area contributed by atoms with E-state index in [1.54, 1.807) is 6.07 Å². The standard InChI is InChI=1S/C17H20F3NO/c1-3-6-12-10-14(21-4-2)15(16(12)22)11-7-5-8-13(9-11)17(18,19)20/h5,7-9,12,15H,3-4,6,10H2,1-2H3. The summed E-state index contributed by atoms with van der Waals surface area (Å²) in [7, 11) is 0. The summed E-state index contributed by atoms with van der Waals surface area (Å²) in [5.41, 5.74) is 0.420. The zero-order valence-electron chi connectivity index (χ0n) is 12.8. The maximum Gasteiger partial charge on any atom is 0.416 e. The Bertz CT molecular complexity index is 578. The SMILES string of the molecule is CCCC1CC(=NCC)C(c2cccc(C(F)(F)F)c2)C1=O. The monoisotopic (exact) mass is 311 g/mol. The van der Waals surface area contributed by atoms with E-state index in [0.717, 1.165) is 30.7 Å². The third-order valence-corrected chi connectivity index (χ3v) is 4.02. The molecule has 0 aromatic heterocycles. The Labute approximate surface area is 128 Å². The summed E-state index contributed by atoms with van der Waals surface area (Å²) in [5, 5.41) is 0. The fraction of sp³-hybridized carbons (Fsp3) is 0.529. The van der Waals surface area contributed by atoms with Crippen LogP contribution in [0.25, 0.3) is 0 Å². The van der Waals surface area contributed by atoms with Gasteiger partial charge in [-0.3, -0.25) is 9.79 Å². The number of carbonyl (C=O) groups excluding carboxylic acids is 1. The van der Waals surface area contributed by atoms with Crippen LogP contribution in [0, 0.1) is 5.92 Å². The number of carbonyl (C=O) groups is 1. The predicted octanol–water partition coefficient (Wildman–Crippen LogP) is 4.64. The van der Waals surface area contributed by atoms with E-state index in [0.29, 0.717) is 18.5 Å². The van der Waals surface area contributed by atoms with E-state index < -0.39 is 17.7 Å². The minimum absolute atomic E-state index is 0.00775. The average Bonchev–Trinajstić information content (AvgIpc) is 2.75. The van der Waals surface area contributed by atoms with Gasteiger partial charge >= 0.3 is 6.18 Å². The van der Waals surface area contributed by atoms with Gasteiger partial charge in [-0.1, -0.05) is 31.5 Å². The molecule has 0 saturated heterocycles. The van der Waals surface area contributed by atoms with Crippen LogP contribution < -0.4 is 0 Å². The summed E-state index contributed by atoms with van der Waals surface area (Å²) < 4.78 is 38.6. The first-order chi connectivity index (χ1) is 10.4. The molecule has 0 aliphatic heterocycles. The van der Waals surface area contributed by atoms with E-state index in [1.165, 1.54) is 6.07 Å². The zero-order chi connectivity index (χ0) is 16.3. The lowest BCUT2D eigenvalue weighted by molar-refractivity contribution is -0.137. The molecule has 2 nitrogen and oxygen atoms in total. The molecule has 1 aromatic carbocycles. The Morgan fingerprint density at radius 1 is 1.27 bits per heavy atom. The number of alkyl halides is 3. The van der Waals surface area contributed by atoms with Crippen molar-refractivity contribution < 1.29 is 18.0 Å². The van der Waals surface area contributed by atoms with Crippen LogP contribution in [0.3, 0.4) is 0 Å². The van der Waals surface area contributed by atoms with Crippen LogP contribution in [0.1, 0.15) is 50.2 Å². The van der Waals surface area contributed by atoms with Crippen molar-refractivity contribution >= 4 is 11.5 Å². The lowest BCUT2D eigenvalue weighted by Crippen LogP contribution is -2.16. The van der Waals surface area contributed by atoms with Crippen molar-refractivity contribution in [2.75, 3.05) is 6.54 Å². The van der Waals surface area contributed by atoms with Crippen LogP contribution in [-0.2, 0) is 11.0 Å². The first-order valence-electron chi connectivity index (χ1n) is 7.62. The largest absolute Gasteiger partial charge is 0.416 e. The normalized spacial score (nSPS) is 24.2. The molecule has 0 amide bonds. The van der Waals surface area contributed by atoms with E-state index in [2.05, 4.69) is 4.99 Å². The van der Waals surface area contributed by atoms with Gasteiger partial charge in [-0.2, -0.15) is 13.2 Å². The van der Waals surface area contributed by atoms with Crippen LogP contribution in [0.15, 0.2) is 29.3 Å². The van der Waals surface area contributed by atoms with Gasteiger partial charge in [0.25, 0.3) is 0 Å². The Hall–Kier alpha value is -1.65. The summed E-state index contributed by atoms with van der Waals surface area (Å²) >= 11 is 0. The number of Topliss-reactive ketones (excluding diaryl/α,β-unsaturated/α-hetero) is 1. The highest BCUT2D eigenvalue weighted by molar-refractivity contribution is 6.16. The maximum atomic E-state index is 12.9. The molecule has 0 N–H and O–H groups in total. The van der Waals surface area contributed by atoms with Crippen LogP contribution in [0.4, 0.5) is 13.2 Å². The van der Waals surface area contributed by atoms with E-state index in [9.17, 15) is 18.0 Å². The third-order valence-electron chi connectivity index (χ3n) is 4.02. The van der Waals surface area contributed by atoms with Gasteiger partial charge < -0.3 is 0 Å². The van der Waals surface area contributed by atoms with Crippen molar-refractivity contribution in [3.05, 3.63) is 35.4 Å². The minimum atomic E-state index is -4.40. The number of hydrogen-bond acceptors (Lipinski definition) is 2. The predicted molar refractivity (Wildman–Crippen MR) is 80.2 cm³/mol. The number of ketones is 1. The summed E-state index contributed by atoms with van der Waals surface area (Å²) in [6.45, 7) is 4.41. The van der Waals surface area contributed by atoms with Crippen molar-refractivity contribution in [3.63, 3.8) is 0 Å². The Morgan fingerprint density at radius 2 is 2.00 bits per heavy atom. The quantitative estimate of drug-likeness (QED) is 0.796. The first kappa shape index (κ1) is 16.7. The van der Waals surface area contributed by atoms with E-state index in [-0.39, 0.29) is 11.7 Å². The molecule has 0 heterocycles. The summed E-state index contributed by atoms with van der Waals surface area (Å²) in [4.78, 5) is 17.0. The Kier molecular flexibility index (Phi) is 5.04. The van der Waals surface area contributed by atoms with E-state index in [1.807, 2.05) is 13.8 Å². The molecule has 0 radical (unpaired) electrons. The number of hydrogen-bond donors (Lipinski definition) is 0. The topological polar surface area (TPSA) is 29.4 Å². The van der Waals surface area contributed by atoms with E-state index in [4.69, 9.17) is 0 Å². The Balaban J connectivity index is 2.40. The maximum absolute atomic E-state index is 12.9. The Morgan fingerprint density at radius 3 is 2.59 bits per heavy atom. The molecular weight excluding hydrogens is 291 g/mol. The van der Waals surface area contributed by atoms with Crippen LogP contribution in [0.5, 0.6) is 0 Å². The van der Waals surface area contributed by atoms with Gasteiger partial charge in [0.15, 0.2) is 0 Å². The average molecular weight is 311 g/mol. The highest BCUT2D eigenvalue weighted by Crippen LogP contribution is 2.38. The summed E-state index contributed by atoms with van der Waals surface area (Å²) in [5.74, 6) is -0.720. The van der Waals surface area contributed by atoms with Gasteiger partial charge in [0.05, 0.1) is 11.5 Å². The lowest BCUT2D eigenvalue weighted by Gasteiger charge is -2.14. The van der Waals surface area contributed by atoms with Crippen LogP contribution >= 0.6 is 0 Å². The fourth-order valence-electron chi connectivity index (χ4n) is 3.07. The molecule has 1 aromatic rings. The molecule has 1 fully saturated rings. The highest BCUT2D eigenvalue weighted by atomic mass is 19.4. The number of nitrogens with zero attached hydrogens (tertiary/aromatic N) is 1. The minimum Gasteiger partial charge on any atom is -0.298 e. The second kappa shape index (κ2) is 6.63. The molecule has 0 bridgehead atoms. The summed E-state index contributed by atoms with van der Waals surface area (Å²) in [6, 6.07) is 5.07. The van der Waals surface area contributed by atoms with Crippen molar-refractivity contribution in [1.29, 1.82) is 0 Å². The third kappa shape index (κ3) is 3.39. The number of halogens is 3. The van der Waals surface area contributed by atoms with Gasteiger partial charge in [-0.25, -0.2) is 0 Å². The molecule has 2 unspecified atom stereocenters. The molecule has 2 rings (SSSR count). The lowest BCUT2D eigenvalue weighted by atomic mass is 9.91. The molecule has 2 atom stereocenters. The molecular formula is C17H20F3NO. The van der Waals surface area contributed by atoms with Crippen LogP contribution in [0.2, 0.25) is 0 Å². The molecule has 1 aliphatic rings. The molecule has 5 heteroatoms.